The average molecular weight is 440 g/mol. The van der Waals surface area contributed by atoms with E-state index in [9.17, 15) is 14.4 Å². The number of aromatic nitrogens is 4. The molecule has 4 rings (SSSR count). The molecule has 0 spiro atoms. The van der Waals surface area contributed by atoms with Gasteiger partial charge in [0.1, 0.15) is 0 Å². The van der Waals surface area contributed by atoms with Crippen LogP contribution in [0.5, 0.6) is 0 Å². The Balaban J connectivity index is 1.79. The first kappa shape index (κ1) is 21.9. The number of nitrogens with zero attached hydrogens (tertiary/aromatic N) is 5. The second-order valence-electron chi connectivity index (χ2n) is 8.38. The predicted molar refractivity (Wildman–Crippen MR) is 122 cm³/mol. The highest BCUT2D eigenvalue weighted by molar-refractivity contribution is 5.75. The van der Waals surface area contributed by atoms with Gasteiger partial charge < -0.3 is 9.64 Å². The Morgan fingerprint density at radius 3 is 2.53 bits per heavy atom. The van der Waals surface area contributed by atoms with E-state index in [1.165, 1.54) is 11.6 Å². The van der Waals surface area contributed by atoms with Crippen LogP contribution in [0, 0.1) is 12.8 Å². The van der Waals surface area contributed by atoms with Gasteiger partial charge in [0.2, 0.25) is 5.95 Å². The lowest BCUT2D eigenvalue weighted by molar-refractivity contribution is -0.148. The first-order valence-electron chi connectivity index (χ1n) is 10.9. The minimum Gasteiger partial charge on any atom is -0.466 e. The Labute approximate surface area is 185 Å². The number of fused-ring (bicyclic) bond motifs is 1. The van der Waals surface area contributed by atoms with Crippen LogP contribution in [0.2, 0.25) is 0 Å². The number of ether oxygens (including phenoxy) is 1. The fourth-order valence-corrected chi connectivity index (χ4v) is 4.39. The van der Waals surface area contributed by atoms with Gasteiger partial charge in [0.05, 0.1) is 19.1 Å². The number of carbonyl (C=O) groups is 1. The Hall–Kier alpha value is -3.36. The normalized spacial score (nSPS) is 14.8. The van der Waals surface area contributed by atoms with Gasteiger partial charge in [0.25, 0.3) is 5.56 Å². The molecule has 1 aliphatic rings. The number of imidazole rings is 1. The van der Waals surface area contributed by atoms with Crippen molar-refractivity contribution in [2.45, 2.75) is 33.2 Å². The van der Waals surface area contributed by atoms with E-state index >= 15 is 0 Å². The highest BCUT2D eigenvalue weighted by Crippen LogP contribution is 2.27. The number of anilines is 1. The highest BCUT2D eigenvalue weighted by atomic mass is 16.5. The van der Waals surface area contributed by atoms with Crippen LogP contribution < -0.4 is 16.1 Å². The number of aryl methyl sites for hydroxylation is 2. The quantitative estimate of drug-likeness (QED) is 0.561. The number of benzene rings is 1. The van der Waals surface area contributed by atoms with Crippen LogP contribution >= 0.6 is 0 Å². The molecule has 9 heteroatoms. The second kappa shape index (κ2) is 8.64. The number of esters is 1. The number of hydrogen-bond donors (Lipinski definition) is 0. The van der Waals surface area contributed by atoms with E-state index in [1.54, 1.807) is 7.05 Å². The van der Waals surface area contributed by atoms with Gasteiger partial charge in [-0.1, -0.05) is 29.8 Å². The molecular formula is C23H29N5O4. The van der Waals surface area contributed by atoms with Gasteiger partial charge in [-0.15, -0.1) is 0 Å². The largest absolute Gasteiger partial charge is 0.466 e. The van der Waals surface area contributed by atoms with Gasteiger partial charge in [0.15, 0.2) is 11.2 Å². The molecule has 32 heavy (non-hydrogen) atoms. The highest BCUT2D eigenvalue weighted by Gasteiger charge is 2.30. The minimum atomic E-state index is -0.407. The topological polar surface area (TPSA) is 91.4 Å². The molecule has 0 amide bonds. The van der Waals surface area contributed by atoms with Crippen molar-refractivity contribution in [1.29, 1.82) is 0 Å². The Bertz CT molecular complexity index is 1280. The van der Waals surface area contributed by atoms with E-state index in [4.69, 9.17) is 9.72 Å². The molecule has 3 aromatic rings. The molecule has 0 atom stereocenters. The van der Waals surface area contributed by atoms with Crippen LogP contribution in [0.3, 0.4) is 0 Å². The van der Waals surface area contributed by atoms with Crippen LogP contribution in [0.4, 0.5) is 5.95 Å². The molecule has 0 bridgehead atoms. The summed E-state index contributed by atoms with van der Waals surface area (Å²) in [7, 11) is 3.11. The van der Waals surface area contributed by atoms with Crippen molar-refractivity contribution in [3.05, 3.63) is 56.2 Å². The van der Waals surface area contributed by atoms with Gasteiger partial charge in [-0.3, -0.25) is 23.3 Å². The molecule has 1 aromatic carbocycles. The van der Waals surface area contributed by atoms with Crippen LogP contribution in [0.15, 0.2) is 33.9 Å². The van der Waals surface area contributed by atoms with Gasteiger partial charge >= 0.3 is 11.7 Å². The molecular weight excluding hydrogens is 410 g/mol. The fourth-order valence-electron chi connectivity index (χ4n) is 4.39. The van der Waals surface area contributed by atoms with Gasteiger partial charge in [-0.2, -0.15) is 4.98 Å². The predicted octanol–water partition coefficient (Wildman–Crippen LogP) is 1.57. The monoisotopic (exact) mass is 439 g/mol. The first-order chi connectivity index (χ1) is 15.3. The number of hydrogen-bond acceptors (Lipinski definition) is 6. The summed E-state index contributed by atoms with van der Waals surface area (Å²) in [6.07, 6.45) is 1.31. The summed E-state index contributed by atoms with van der Waals surface area (Å²) in [6.45, 7) is 5.91. The maximum atomic E-state index is 13.1. The second-order valence-corrected chi connectivity index (χ2v) is 8.38. The van der Waals surface area contributed by atoms with E-state index in [-0.39, 0.29) is 17.4 Å². The third kappa shape index (κ3) is 3.83. The summed E-state index contributed by atoms with van der Waals surface area (Å²) in [6, 6.07) is 8.11. The van der Waals surface area contributed by atoms with E-state index in [0.717, 1.165) is 15.7 Å². The zero-order valence-electron chi connectivity index (χ0n) is 19.0. The third-order valence-corrected chi connectivity index (χ3v) is 6.15. The van der Waals surface area contributed by atoms with Crippen molar-refractivity contribution in [1.82, 2.24) is 18.7 Å². The van der Waals surface area contributed by atoms with Crippen molar-refractivity contribution in [3.63, 3.8) is 0 Å². The standard InChI is InChI=1S/C23H29N5O4/c1-5-32-21(30)17-9-11-27(12-10-17)22-24-19-18(20(29)26(4)23(31)25(19)3)28(22)14-16-8-6-7-15(2)13-16/h6-8,13,17H,5,9-12,14H2,1-4H3. The fraction of sp³-hybridized carbons (Fsp3) is 0.478. The van der Waals surface area contributed by atoms with Gasteiger partial charge in [0, 0.05) is 27.2 Å². The van der Waals surface area contributed by atoms with E-state index in [0.29, 0.717) is 56.2 Å². The lowest BCUT2D eigenvalue weighted by Gasteiger charge is -2.32. The van der Waals surface area contributed by atoms with E-state index in [2.05, 4.69) is 11.0 Å². The summed E-state index contributed by atoms with van der Waals surface area (Å²) in [4.78, 5) is 44.6. The number of carbonyl (C=O) groups excluding carboxylic acids is 1. The summed E-state index contributed by atoms with van der Waals surface area (Å²) >= 11 is 0. The Kier molecular flexibility index (Phi) is 5.90. The van der Waals surface area contributed by atoms with E-state index < -0.39 is 5.69 Å². The third-order valence-electron chi connectivity index (χ3n) is 6.15. The first-order valence-corrected chi connectivity index (χ1v) is 10.9. The summed E-state index contributed by atoms with van der Waals surface area (Å²) < 4.78 is 9.61. The maximum absolute atomic E-state index is 13.1. The lowest BCUT2D eigenvalue weighted by atomic mass is 9.97. The van der Waals surface area contributed by atoms with Crippen molar-refractivity contribution in [3.8, 4) is 0 Å². The molecule has 0 N–H and O–H groups in total. The molecule has 170 valence electrons. The Morgan fingerprint density at radius 1 is 1.16 bits per heavy atom. The van der Waals surface area contributed by atoms with Crippen LogP contribution in [-0.4, -0.2) is 44.4 Å². The molecule has 1 saturated heterocycles. The summed E-state index contributed by atoms with van der Waals surface area (Å²) in [5.41, 5.74) is 2.17. The molecule has 0 saturated carbocycles. The molecule has 2 aromatic heterocycles. The average Bonchev–Trinajstić information content (AvgIpc) is 3.16. The Morgan fingerprint density at radius 2 is 1.88 bits per heavy atom. The molecule has 0 aliphatic carbocycles. The van der Waals surface area contributed by atoms with Crippen molar-refractivity contribution >= 4 is 23.1 Å². The summed E-state index contributed by atoms with van der Waals surface area (Å²) in [5, 5.41) is 0. The van der Waals surface area contributed by atoms with Crippen LogP contribution in [-0.2, 0) is 30.2 Å². The molecule has 0 unspecified atom stereocenters. The zero-order valence-corrected chi connectivity index (χ0v) is 19.0. The van der Waals surface area contributed by atoms with Crippen molar-refractivity contribution in [2.75, 3.05) is 24.6 Å². The van der Waals surface area contributed by atoms with Gasteiger partial charge in [-0.05, 0) is 32.3 Å². The maximum Gasteiger partial charge on any atom is 0.332 e. The van der Waals surface area contributed by atoms with Crippen LogP contribution in [0.25, 0.3) is 11.2 Å². The lowest BCUT2D eigenvalue weighted by Crippen LogP contribution is -2.39. The van der Waals surface area contributed by atoms with Crippen molar-refractivity contribution < 1.29 is 9.53 Å². The minimum absolute atomic E-state index is 0.127. The number of rotatable bonds is 5. The van der Waals surface area contributed by atoms with Crippen molar-refractivity contribution in [2.24, 2.45) is 20.0 Å². The smallest absolute Gasteiger partial charge is 0.332 e. The molecule has 0 radical (unpaired) electrons. The van der Waals surface area contributed by atoms with Crippen LogP contribution in [0.1, 0.15) is 30.9 Å². The molecule has 1 fully saturated rings. The zero-order chi connectivity index (χ0) is 23.0. The molecule has 9 nitrogen and oxygen atoms in total. The molecule has 1 aliphatic heterocycles. The van der Waals surface area contributed by atoms with E-state index in [1.807, 2.05) is 36.6 Å². The number of piperidine rings is 1. The van der Waals surface area contributed by atoms with Gasteiger partial charge in [-0.25, -0.2) is 4.79 Å². The SMILES string of the molecule is CCOC(=O)C1CCN(c2nc3c(c(=O)n(C)c(=O)n3C)n2Cc2cccc(C)c2)CC1. The molecule has 3 heterocycles. The summed E-state index contributed by atoms with van der Waals surface area (Å²) in [5.74, 6) is 0.358.